The highest BCUT2D eigenvalue weighted by molar-refractivity contribution is 6.08. The van der Waals surface area contributed by atoms with Gasteiger partial charge in [-0.15, -0.1) is 0 Å². The first-order valence-electron chi connectivity index (χ1n) is 9.61. The number of pyridine rings is 2. The molecule has 2 N–H and O–H groups in total. The molecule has 3 rings (SSSR count). The van der Waals surface area contributed by atoms with Gasteiger partial charge in [0.05, 0.1) is 16.8 Å². The number of hydrogen-bond donors (Lipinski definition) is 1. The fourth-order valence-corrected chi connectivity index (χ4v) is 3.37. The minimum absolute atomic E-state index is 0.460. The van der Waals surface area contributed by atoms with E-state index in [9.17, 15) is 4.79 Å². The summed E-state index contributed by atoms with van der Waals surface area (Å²) < 4.78 is 0. The molecule has 0 unspecified atom stereocenters. The molecule has 29 heavy (non-hydrogen) atoms. The van der Waals surface area contributed by atoms with Gasteiger partial charge in [0, 0.05) is 23.3 Å². The van der Waals surface area contributed by atoms with E-state index >= 15 is 0 Å². The number of aromatic nitrogens is 2. The van der Waals surface area contributed by atoms with Crippen LogP contribution < -0.4 is 5.73 Å². The second-order valence-corrected chi connectivity index (χ2v) is 7.07. The molecule has 0 fully saturated rings. The van der Waals surface area contributed by atoms with Gasteiger partial charge in [-0.05, 0) is 43.0 Å². The van der Waals surface area contributed by atoms with Crippen LogP contribution in [0.2, 0.25) is 0 Å². The lowest BCUT2D eigenvalue weighted by atomic mass is 9.94. The van der Waals surface area contributed by atoms with Crippen molar-refractivity contribution in [2.24, 2.45) is 5.73 Å². The number of carbonyl (C=O) groups excluding carboxylic acids is 1. The van der Waals surface area contributed by atoms with Crippen LogP contribution in [0.25, 0.3) is 27.7 Å². The molecule has 0 aliphatic carbocycles. The Balaban J connectivity index is 2.16. The second kappa shape index (κ2) is 8.65. The predicted octanol–water partition coefficient (Wildman–Crippen LogP) is 5.49. The third-order valence-corrected chi connectivity index (χ3v) is 4.80. The summed E-state index contributed by atoms with van der Waals surface area (Å²) in [7, 11) is 0. The lowest BCUT2D eigenvalue weighted by Gasteiger charge is -2.14. The Morgan fingerprint density at radius 3 is 2.45 bits per heavy atom. The summed E-state index contributed by atoms with van der Waals surface area (Å²) in [5.74, 6) is -0.460. The van der Waals surface area contributed by atoms with Crippen molar-refractivity contribution < 1.29 is 4.79 Å². The summed E-state index contributed by atoms with van der Waals surface area (Å²) in [6.07, 6.45) is 9.94. The number of rotatable bonds is 6. The van der Waals surface area contributed by atoms with Gasteiger partial charge >= 0.3 is 0 Å². The Morgan fingerprint density at radius 1 is 1.14 bits per heavy atom. The standard InChI is InChI=1S/C25H25N3O/c1-5-17(8-7-16(3)4)18-9-11-19(12-10-18)24-20(6-2)23(25(26)29)21-15-27-14-13-22(21)28-24/h5,7-15H,1,6H2,2-4H3,(H2,26,29)/b17-8+. The smallest absolute Gasteiger partial charge is 0.249 e. The van der Waals surface area contributed by atoms with Gasteiger partial charge in [-0.3, -0.25) is 9.78 Å². The van der Waals surface area contributed by atoms with Crippen LogP contribution in [0.1, 0.15) is 42.3 Å². The van der Waals surface area contributed by atoms with Crippen molar-refractivity contribution in [1.29, 1.82) is 0 Å². The van der Waals surface area contributed by atoms with Gasteiger partial charge in [0.25, 0.3) is 0 Å². The number of carbonyl (C=O) groups is 1. The van der Waals surface area contributed by atoms with Gasteiger partial charge < -0.3 is 5.73 Å². The van der Waals surface area contributed by atoms with Gasteiger partial charge in [-0.2, -0.15) is 0 Å². The van der Waals surface area contributed by atoms with Crippen molar-refractivity contribution in [3.8, 4) is 11.3 Å². The zero-order chi connectivity index (χ0) is 21.0. The number of amides is 1. The van der Waals surface area contributed by atoms with Gasteiger partial charge in [0.15, 0.2) is 0 Å². The Labute approximate surface area is 171 Å². The quantitative estimate of drug-likeness (QED) is 0.572. The highest BCUT2D eigenvalue weighted by atomic mass is 16.1. The Hall–Kier alpha value is -3.53. The summed E-state index contributed by atoms with van der Waals surface area (Å²) in [5.41, 5.74) is 12.8. The van der Waals surface area contributed by atoms with Crippen molar-refractivity contribution in [3.63, 3.8) is 0 Å². The van der Waals surface area contributed by atoms with Crippen molar-refractivity contribution in [1.82, 2.24) is 9.97 Å². The minimum atomic E-state index is -0.460. The molecule has 1 amide bonds. The number of allylic oxidation sites excluding steroid dienone is 5. The van der Waals surface area contributed by atoms with Gasteiger partial charge in [0.2, 0.25) is 5.91 Å². The first kappa shape index (κ1) is 20.2. The largest absolute Gasteiger partial charge is 0.366 e. The van der Waals surface area contributed by atoms with E-state index in [1.807, 2.05) is 37.3 Å². The zero-order valence-corrected chi connectivity index (χ0v) is 17.1. The molecule has 2 heterocycles. The lowest BCUT2D eigenvalue weighted by Crippen LogP contribution is -2.16. The van der Waals surface area contributed by atoms with Crippen LogP contribution in [-0.4, -0.2) is 15.9 Å². The van der Waals surface area contributed by atoms with Crippen LogP contribution in [0, 0.1) is 0 Å². The molecule has 0 saturated heterocycles. The average molecular weight is 383 g/mol. The topological polar surface area (TPSA) is 68.9 Å². The van der Waals surface area contributed by atoms with Gasteiger partial charge in [0.1, 0.15) is 0 Å². The van der Waals surface area contributed by atoms with Crippen LogP contribution >= 0.6 is 0 Å². The van der Waals surface area contributed by atoms with E-state index in [2.05, 4.69) is 37.6 Å². The van der Waals surface area contributed by atoms with E-state index in [4.69, 9.17) is 10.7 Å². The van der Waals surface area contributed by atoms with Crippen LogP contribution in [0.5, 0.6) is 0 Å². The molecule has 146 valence electrons. The number of nitrogens with zero attached hydrogens (tertiary/aromatic N) is 2. The molecule has 0 aliphatic rings. The van der Waals surface area contributed by atoms with Crippen LogP contribution in [0.3, 0.4) is 0 Å². The van der Waals surface area contributed by atoms with Crippen LogP contribution in [0.15, 0.2) is 73.1 Å². The molecule has 4 nitrogen and oxygen atoms in total. The van der Waals surface area contributed by atoms with E-state index < -0.39 is 5.91 Å². The molecular formula is C25H25N3O. The average Bonchev–Trinajstić information content (AvgIpc) is 2.72. The van der Waals surface area contributed by atoms with Gasteiger partial charge in [-0.1, -0.05) is 61.6 Å². The number of primary amides is 1. The molecular weight excluding hydrogens is 358 g/mol. The maximum absolute atomic E-state index is 12.2. The molecule has 0 saturated carbocycles. The number of nitrogens with two attached hydrogens (primary N) is 1. The molecule has 4 heteroatoms. The maximum Gasteiger partial charge on any atom is 0.249 e. The van der Waals surface area contributed by atoms with E-state index in [-0.39, 0.29) is 0 Å². The highest BCUT2D eigenvalue weighted by Gasteiger charge is 2.19. The molecule has 1 aromatic carbocycles. The normalized spacial score (nSPS) is 11.3. The van der Waals surface area contributed by atoms with Crippen molar-refractivity contribution in [2.75, 3.05) is 0 Å². The van der Waals surface area contributed by atoms with Crippen molar-refractivity contribution >= 4 is 22.4 Å². The predicted molar refractivity (Wildman–Crippen MR) is 120 cm³/mol. The fourth-order valence-electron chi connectivity index (χ4n) is 3.37. The van der Waals surface area contributed by atoms with E-state index in [1.165, 1.54) is 5.57 Å². The Morgan fingerprint density at radius 2 is 1.86 bits per heavy atom. The first-order chi connectivity index (χ1) is 14.0. The van der Waals surface area contributed by atoms with Crippen LogP contribution in [0.4, 0.5) is 0 Å². The number of benzene rings is 1. The maximum atomic E-state index is 12.2. The van der Waals surface area contributed by atoms with Crippen molar-refractivity contribution in [3.05, 3.63) is 89.8 Å². The summed E-state index contributed by atoms with van der Waals surface area (Å²) in [4.78, 5) is 21.2. The zero-order valence-electron chi connectivity index (χ0n) is 17.1. The lowest BCUT2D eigenvalue weighted by molar-refractivity contribution is 0.100. The summed E-state index contributed by atoms with van der Waals surface area (Å²) in [6, 6.07) is 9.94. The van der Waals surface area contributed by atoms with E-state index in [0.717, 1.165) is 28.0 Å². The Kier molecular flexibility index (Phi) is 6.03. The molecule has 0 atom stereocenters. The summed E-state index contributed by atoms with van der Waals surface area (Å²) >= 11 is 0. The van der Waals surface area contributed by atoms with Crippen molar-refractivity contribution in [2.45, 2.75) is 27.2 Å². The van der Waals surface area contributed by atoms with E-state index in [1.54, 1.807) is 18.5 Å². The molecule has 0 bridgehead atoms. The van der Waals surface area contributed by atoms with E-state index in [0.29, 0.717) is 22.9 Å². The van der Waals surface area contributed by atoms with Crippen LogP contribution in [-0.2, 0) is 6.42 Å². The number of hydrogen-bond acceptors (Lipinski definition) is 3. The first-order valence-corrected chi connectivity index (χ1v) is 9.61. The highest BCUT2D eigenvalue weighted by Crippen LogP contribution is 2.31. The van der Waals surface area contributed by atoms with Gasteiger partial charge in [-0.25, -0.2) is 4.98 Å². The summed E-state index contributed by atoms with van der Waals surface area (Å²) in [6.45, 7) is 10.0. The molecule has 0 radical (unpaired) electrons. The second-order valence-electron chi connectivity index (χ2n) is 7.07. The fraction of sp³-hybridized carbons (Fsp3) is 0.160. The Bertz CT molecular complexity index is 1130. The molecule has 0 aliphatic heterocycles. The number of fused-ring (bicyclic) bond motifs is 1. The SMILES string of the molecule is C=C/C(=C\C=C(C)C)c1ccc(-c2nc3ccncc3c(C(N)=O)c2CC)cc1. The third-order valence-electron chi connectivity index (χ3n) is 4.80. The minimum Gasteiger partial charge on any atom is -0.366 e. The third kappa shape index (κ3) is 4.16. The molecule has 2 aromatic heterocycles. The summed E-state index contributed by atoms with van der Waals surface area (Å²) in [5, 5.41) is 0.691. The monoisotopic (exact) mass is 383 g/mol. The molecule has 0 spiro atoms. The molecule has 3 aromatic rings.